The van der Waals surface area contributed by atoms with Crippen LogP contribution in [-0.4, -0.2) is 34.7 Å². The predicted octanol–water partition coefficient (Wildman–Crippen LogP) is 4.55. The summed E-state index contributed by atoms with van der Waals surface area (Å²) in [7, 11) is 0. The molecule has 1 unspecified atom stereocenters. The Labute approximate surface area is 196 Å². The van der Waals surface area contributed by atoms with Crippen LogP contribution in [0.1, 0.15) is 64.1 Å². The molecule has 0 bridgehead atoms. The Kier molecular flexibility index (Phi) is 8.69. The number of hydrogen-bond donors (Lipinski definition) is 2. The lowest BCUT2D eigenvalue weighted by Crippen LogP contribution is -2.52. The van der Waals surface area contributed by atoms with Gasteiger partial charge in [0.05, 0.1) is 6.20 Å². The highest BCUT2D eigenvalue weighted by Crippen LogP contribution is 2.18. The van der Waals surface area contributed by atoms with Crippen molar-refractivity contribution in [2.24, 2.45) is 0 Å². The molecule has 2 N–H and O–H groups in total. The average Bonchev–Trinajstić information content (AvgIpc) is 2.78. The number of alkyl carbamates (subject to hydrolysis) is 1. The van der Waals surface area contributed by atoms with Crippen molar-refractivity contribution in [1.82, 2.24) is 15.6 Å². The van der Waals surface area contributed by atoms with Gasteiger partial charge in [-0.1, -0.05) is 49.6 Å². The monoisotopic (exact) mass is 453 g/mol. The molecule has 0 radical (unpaired) electrons. The Balaban J connectivity index is 1.62. The fourth-order valence-corrected chi connectivity index (χ4v) is 3.77. The molecule has 178 valence electrons. The van der Waals surface area contributed by atoms with E-state index >= 15 is 0 Å². The van der Waals surface area contributed by atoms with Crippen molar-refractivity contribution in [3.8, 4) is 5.75 Å². The molecule has 1 heterocycles. The van der Waals surface area contributed by atoms with Gasteiger partial charge in [-0.2, -0.15) is 0 Å². The molecular weight excluding hydrogens is 418 g/mol. The van der Waals surface area contributed by atoms with E-state index in [0.717, 1.165) is 31.2 Å². The van der Waals surface area contributed by atoms with Crippen LogP contribution in [0.3, 0.4) is 0 Å². The third-order valence-corrected chi connectivity index (χ3v) is 5.42. The maximum atomic E-state index is 13.0. The number of nitrogens with zero attached hydrogens (tertiary/aromatic N) is 1. The number of carbonyl (C=O) groups is 2. The number of benzene rings is 1. The Bertz CT molecular complexity index is 888. The van der Waals surface area contributed by atoms with Crippen molar-refractivity contribution in [2.45, 2.75) is 83.6 Å². The van der Waals surface area contributed by atoms with E-state index in [1.165, 1.54) is 6.42 Å². The van der Waals surface area contributed by atoms with Gasteiger partial charge in [-0.05, 0) is 51.3 Å². The third-order valence-electron chi connectivity index (χ3n) is 5.42. The van der Waals surface area contributed by atoms with E-state index in [2.05, 4.69) is 15.6 Å². The van der Waals surface area contributed by atoms with Crippen LogP contribution in [-0.2, 0) is 22.6 Å². The van der Waals surface area contributed by atoms with E-state index in [0.29, 0.717) is 18.1 Å². The van der Waals surface area contributed by atoms with Crippen LogP contribution in [0.15, 0.2) is 48.7 Å². The predicted molar refractivity (Wildman–Crippen MR) is 127 cm³/mol. The summed E-state index contributed by atoms with van der Waals surface area (Å²) in [5.41, 5.74) is 1.11. The van der Waals surface area contributed by atoms with E-state index in [9.17, 15) is 9.59 Å². The van der Waals surface area contributed by atoms with Gasteiger partial charge in [0.2, 0.25) is 5.91 Å². The second kappa shape index (κ2) is 11.7. The lowest BCUT2D eigenvalue weighted by Gasteiger charge is -2.27. The van der Waals surface area contributed by atoms with Crippen LogP contribution < -0.4 is 15.4 Å². The van der Waals surface area contributed by atoms with Crippen LogP contribution in [0.5, 0.6) is 5.75 Å². The number of ether oxygens (including phenoxy) is 2. The number of aromatic nitrogens is 1. The van der Waals surface area contributed by atoms with Crippen molar-refractivity contribution < 1.29 is 19.1 Å². The molecule has 33 heavy (non-hydrogen) atoms. The molecule has 1 aromatic heterocycles. The average molecular weight is 454 g/mol. The van der Waals surface area contributed by atoms with E-state index in [4.69, 9.17) is 9.47 Å². The SMILES string of the molecule is CC(C)(C)OC(=O)NC(Cc1ccc(OCc2ccccc2)cn1)C(=O)NC1CCCCC1. The number of amides is 2. The van der Waals surface area contributed by atoms with E-state index in [1.807, 2.05) is 42.5 Å². The summed E-state index contributed by atoms with van der Waals surface area (Å²) in [5, 5.41) is 5.82. The highest BCUT2D eigenvalue weighted by atomic mass is 16.6. The molecule has 1 aromatic carbocycles. The van der Waals surface area contributed by atoms with E-state index in [1.54, 1.807) is 27.0 Å². The summed E-state index contributed by atoms with van der Waals surface area (Å²) < 4.78 is 11.2. The fourth-order valence-electron chi connectivity index (χ4n) is 3.77. The largest absolute Gasteiger partial charge is 0.487 e. The quantitative estimate of drug-likeness (QED) is 0.612. The number of nitrogens with one attached hydrogen (secondary N) is 2. The summed E-state index contributed by atoms with van der Waals surface area (Å²) >= 11 is 0. The second-order valence-electron chi connectivity index (χ2n) is 9.51. The lowest BCUT2D eigenvalue weighted by atomic mass is 9.95. The maximum Gasteiger partial charge on any atom is 0.408 e. The maximum absolute atomic E-state index is 13.0. The molecule has 1 saturated carbocycles. The van der Waals surface area contributed by atoms with E-state index < -0.39 is 17.7 Å². The molecule has 3 rings (SSSR count). The van der Waals surface area contributed by atoms with E-state index in [-0.39, 0.29) is 18.4 Å². The van der Waals surface area contributed by atoms with Gasteiger partial charge >= 0.3 is 6.09 Å². The lowest BCUT2D eigenvalue weighted by molar-refractivity contribution is -0.124. The van der Waals surface area contributed by atoms with Gasteiger partial charge in [0.1, 0.15) is 24.0 Å². The van der Waals surface area contributed by atoms with Crippen molar-refractivity contribution in [3.63, 3.8) is 0 Å². The number of rotatable bonds is 8. The van der Waals surface area contributed by atoms with Gasteiger partial charge in [-0.3, -0.25) is 9.78 Å². The zero-order valence-electron chi connectivity index (χ0n) is 19.8. The molecule has 7 nitrogen and oxygen atoms in total. The van der Waals surface area contributed by atoms with Crippen molar-refractivity contribution in [2.75, 3.05) is 0 Å². The minimum atomic E-state index is -0.773. The van der Waals surface area contributed by atoms with Gasteiger partial charge < -0.3 is 20.1 Å². The molecule has 1 aliphatic rings. The molecular formula is C26H35N3O4. The van der Waals surface area contributed by atoms with Crippen molar-refractivity contribution >= 4 is 12.0 Å². The Morgan fingerprint density at radius 2 is 1.79 bits per heavy atom. The van der Waals surface area contributed by atoms with Gasteiger partial charge in [0.25, 0.3) is 0 Å². The molecule has 0 saturated heterocycles. The van der Waals surface area contributed by atoms with Gasteiger partial charge in [0, 0.05) is 18.2 Å². The van der Waals surface area contributed by atoms with Crippen molar-refractivity contribution in [1.29, 1.82) is 0 Å². The minimum Gasteiger partial charge on any atom is -0.487 e. The molecule has 1 atom stereocenters. The molecule has 2 amide bonds. The number of pyridine rings is 1. The highest BCUT2D eigenvalue weighted by molar-refractivity contribution is 5.86. The first-order valence-corrected chi connectivity index (χ1v) is 11.7. The first-order valence-electron chi connectivity index (χ1n) is 11.7. The van der Waals surface area contributed by atoms with Crippen LogP contribution in [0, 0.1) is 0 Å². The Hall–Kier alpha value is -3.09. The van der Waals surface area contributed by atoms with Crippen LogP contribution >= 0.6 is 0 Å². The normalized spacial score (nSPS) is 15.4. The van der Waals surface area contributed by atoms with Gasteiger partial charge in [-0.25, -0.2) is 4.79 Å². The first-order chi connectivity index (χ1) is 15.8. The summed E-state index contributed by atoms with van der Waals surface area (Å²) in [4.78, 5) is 29.8. The number of carbonyl (C=O) groups excluding carboxylic acids is 2. The van der Waals surface area contributed by atoms with Gasteiger partial charge in [0.15, 0.2) is 0 Å². The van der Waals surface area contributed by atoms with Crippen LogP contribution in [0.4, 0.5) is 4.79 Å². The smallest absolute Gasteiger partial charge is 0.408 e. The van der Waals surface area contributed by atoms with Crippen LogP contribution in [0.25, 0.3) is 0 Å². The molecule has 2 aromatic rings. The Morgan fingerprint density at radius 3 is 2.42 bits per heavy atom. The molecule has 7 heteroatoms. The molecule has 0 spiro atoms. The second-order valence-corrected chi connectivity index (χ2v) is 9.51. The fraction of sp³-hybridized carbons (Fsp3) is 0.500. The molecule has 1 aliphatic carbocycles. The zero-order valence-corrected chi connectivity index (χ0v) is 19.8. The summed E-state index contributed by atoms with van der Waals surface area (Å²) in [6, 6.07) is 12.9. The number of hydrogen-bond acceptors (Lipinski definition) is 5. The van der Waals surface area contributed by atoms with Crippen LogP contribution in [0.2, 0.25) is 0 Å². The van der Waals surface area contributed by atoms with Crippen molar-refractivity contribution in [3.05, 3.63) is 59.9 Å². The first kappa shape index (κ1) is 24.6. The zero-order chi connectivity index (χ0) is 23.7. The van der Waals surface area contributed by atoms with Gasteiger partial charge in [-0.15, -0.1) is 0 Å². The molecule has 0 aliphatic heterocycles. The summed E-state index contributed by atoms with van der Waals surface area (Å²) in [6.45, 7) is 5.83. The standard InChI is InChI=1S/C26H35N3O4/c1-26(2,3)33-25(31)29-23(24(30)28-20-12-8-5-9-13-20)16-21-14-15-22(17-27-21)32-18-19-10-6-4-7-11-19/h4,6-7,10-11,14-15,17,20,23H,5,8-9,12-13,16,18H2,1-3H3,(H,28,30)(H,29,31). The summed E-state index contributed by atoms with van der Waals surface area (Å²) in [5.74, 6) is 0.435. The topological polar surface area (TPSA) is 89.6 Å². The third kappa shape index (κ3) is 8.75. The molecule has 1 fully saturated rings. The minimum absolute atomic E-state index is 0.149. The summed E-state index contributed by atoms with van der Waals surface area (Å²) in [6.07, 6.45) is 6.65. The Morgan fingerprint density at radius 1 is 1.06 bits per heavy atom. The highest BCUT2D eigenvalue weighted by Gasteiger charge is 2.27.